The molecule has 3 N–H and O–H groups in total. The third kappa shape index (κ3) is 12.5. The van der Waals surface area contributed by atoms with Crippen LogP contribution in [0.25, 0.3) is 0 Å². The summed E-state index contributed by atoms with van der Waals surface area (Å²) >= 11 is 0. The average molecular weight is 563 g/mol. The SMILES string of the molecule is COC(=O)[C@@H](Nc1nc(OCCNC(=O)OCc2ccccc2)nc(OCCNC(=O)OC(C)(C)C)n1)C(C)C. The molecule has 0 aliphatic carbocycles. The Bertz CT molecular complexity index is 1090. The summed E-state index contributed by atoms with van der Waals surface area (Å²) < 4.78 is 26.3. The van der Waals surface area contributed by atoms with Crippen LogP contribution in [0.4, 0.5) is 15.5 Å². The molecule has 1 atom stereocenters. The highest BCUT2D eigenvalue weighted by Crippen LogP contribution is 2.16. The normalized spacial score (nSPS) is 11.7. The molecule has 14 heteroatoms. The van der Waals surface area contributed by atoms with E-state index in [-0.39, 0.29) is 56.8 Å². The van der Waals surface area contributed by atoms with Gasteiger partial charge in [-0.1, -0.05) is 44.2 Å². The van der Waals surface area contributed by atoms with Crippen molar-refractivity contribution >= 4 is 24.1 Å². The summed E-state index contributed by atoms with van der Waals surface area (Å²) in [6.45, 7) is 9.31. The molecule has 0 spiro atoms. The third-order valence-corrected chi connectivity index (χ3v) is 4.82. The van der Waals surface area contributed by atoms with Crippen LogP contribution < -0.4 is 25.4 Å². The standard InChI is InChI=1S/C26H38N6O8/c1-17(2)19(20(33)36-6)29-21-30-22(32-23(31-21)38-15-13-28-25(35)40-26(3,4)5)37-14-12-27-24(34)39-16-18-10-8-7-9-11-18/h7-11,17,19H,12-16H2,1-6H3,(H,27,34)(H,28,35)(H,29,30,31,32)/t19-/m0/s1. The second-order valence-electron chi connectivity index (χ2n) is 9.73. The Kier molecular flexibility index (Phi) is 12.7. The molecule has 0 saturated heterocycles. The van der Waals surface area contributed by atoms with Crippen LogP contribution in [-0.4, -0.2) is 78.2 Å². The molecule has 2 amide bonds. The minimum Gasteiger partial charge on any atom is -0.467 e. The molecule has 0 bridgehead atoms. The number of methoxy groups -OCH3 is 1. The molecule has 0 aliphatic heterocycles. The summed E-state index contributed by atoms with van der Waals surface area (Å²) in [7, 11) is 1.28. The van der Waals surface area contributed by atoms with Gasteiger partial charge in [-0.05, 0) is 32.3 Å². The van der Waals surface area contributed by atoms with Crippen LogP contribution in [0.1, 0.15) is 40.2 Å². The van der Waals surface area contributed by atoms with Crippen molar-refractivity contribution < 1.29 is 38.1 Å². The molecule has 0 unspecified atom stereocenters. The highest BCUT2D eigenvalue weighted by Gasteiger charge is 2.25. The molecule has 0 radical (unpaired) electrons. The van der Waals surface area contributed by atoms with Crippen molar-refractivity contribution in [3.63, 3.8) is 0 Å². The van der Waals surface area contributed by atoms with E-state index in [2.05, 4.69) is 30.9 Å². The minimum absolute atomic E-state index is 0.00808. The van der Waals surface area contributed by atoms with E-state index in [1.807, 2.05) is 44.2 Å². The fraction of sp³-hybridized carbons (Fsp3) is 0.538. The molecular weight excluding hydrogens is 524 g/mol. The van der Waals surface area contributed by atoms with Crippen molar-refractivity contribution in [3.8, 4) is 12.0 Å². The van der Waals surface area contributed by atoms with Crippen LogP contribution in [0.15, 0.2) is 30.3 Å². The number of anilines is 1. The summed E-state index contributed by atoms with van der Waals surface area (Å²) in [5.41, 5.74) is 0.228. The van der Waals surface area contributed by atoms with E-state index in [1.165, 1.54) is 7.11 Å². The summed E-state index contributed by atoms with van der Waals surface area (Å²) in [4.78, 5) is 48.4. The number of nitrogens with one attached hydrogen (secondary N) is 3. The van der Waals surface area contributed by atoms with E-state index in [0.29, 0.717) is 0 Å². The van der Waals surface area contributed by atoms with E-state index in [9.17, 15) is 14.4 Å². The number of rotatable bonds is 14. The van der Waals surface area contributed by atoms with Gasteiger partial charge in [-0.2, -0.15) is 9.97 Å². The van der Waals surface area contributed by atoms with Crippen molar-refractivity contribution in [2.45, 2.75) is 52.9 Å². The lowest BCUT2D eigenvalue weighted by Crippen LogP contribution is -2.36. The van der Waals surface area contributed by atoms with Crippen LogP contribution >= 0.6 is 0 Å². The number of amides is 2. The molecule has 1 aromatic heterocycles. The van der Waals surface area contributed by atoms with Gasteiger partial charge in [-0.15, -0.1) is 4.98 Å². The lowest BCUT2D eigenvalue weighted by atomic mass is 10.1. The monoisotopic (exact) mass is 562 g/mol. The lowest BCUT2D eigenvalue weighted by molar-refractivity contribution is -0.142. The van der Waals surface area contributed by atoms with Crippen molar-refractivity contribution in [3.05, 3.63) is 35.9 Å². The number of hydrogen-bond acceptors (Lipinski definition) is 12. The smallest absolute Gasteiger partial charge is 0.407 e. The Morgan fingerprint density at radius 1 is 0.875 bits per heavy atom. The first-order chi connectivity index (χ1) is 19.0. The maximum atomic E-state index is 12.2. The van der Waals surface area contributed by atoms with Crippen molar-refractivity contribution in [2.75, 3.05) is 38.7 Å². The number of hydrogen-bond donors (Lipinski definition) is 3. The van der Waals surface area contributed by atoms with Gasteiger partial charge in [0.15, 0.2) is 0 Å². The second kappa shape index (κ2) is 15.9. The fourth-order valence-electron chi connectivity index (χ4n) is 2.97. The van der Waals surface area contributed by atoms with Crippen LogP contribution in [0.2, 0.25) is 0 Å². The van der Waals surface area contributed by atoms with Gasteiger partial charge in [-0.25, -0.2) is 14.4 Å². The maximum absolute atomic E-state index is 12.2. The Morgan fingerprint density at radius 2 is 1.45 bits per heavy atom. The third-order valence-electron chi connectivity index (χ3n) is 4.82. The second-order valence-corrected chi connectivity index (χ2v) is 9.73. The number of carbonyl (C=O) groups excluding carboxylic acids is 3. The van der Waals surface area contributed by atoms with Gasteiger partial charge in [0.2, 0.25) is 5.95 Å². The molecule has 220 valence electrons. The van der Waals surface area contributed by atoms with E-state index < -0.39 is 29.8 Å². The summed E-state index contributed by atoms with van der Waals surface area (Å²) in [5, 5.41) is 8.05. The predicted octanol–water partition coefficient (Wildman–Crippen LogP) is 2.69. The van der Waals surface area contributed by atoms with Crippen molar-refractivity contribution in [1.82, 2.24) is 25.6 Å². The summed E-state index contributed by atoms with van der Waals surface area (Å²) in [5.74, 6) is -0.637. The topological polar surface area (TPSA) is 172 Å². The van der Waals surface area contributed by atoms with Crippen molar-refractivity contribution in [2.24, 2.45) is 5.92 Å². The van der Waals surface area contributed by atoms with Gasteiger partial charge in [0, 0.05) is 0 Å². The molecule has 40 heavy (non-hydrogen) atoms. The van der Waals surface area contributed by atoms with E-state index in [4.69, 9.17) is 23.7 Å². The zero-order chi connectivity index (χ0) is 29.5. The molecule has 14 nitrogen and oxygen atoms in total. The molecule has 0 saturated carbocycles. The van der Waals surface area contributed by atoms with Gasteiger partial charge >= 0.3 is 30.2 Å². The van der Waals surface area contributed by atoms with Crippen LogP contribution in [-0.2, 0) is 25.6 Å². The number of carbonyl (C=O) groups is 3. The van der Waals surface area contributed by atoms with Gasteiger partial charge in [0.05, 0.1) is 20.2 Å². The molecule has 1 heterocycles. The molecule has 1 aromatic carbocycles. The first-order valence-electron chi connectivity index (χ1n) is 12.7. The maximum Gasteiger partial charge on any atom is 0.407 e. The van der Waals surface area contributed by atoms with Gasteiger partial charge in [-0.3, -0.25) is 0 Å². The summed E-state index contributed by atoms with van der Waals surface area (Å²) in [6.07, 6.45) is -1.20. The average Bonchev–Trinajstić information content (AvgIpc) is 2.90. The zero-order valence-corrected chi connectivity index (χ0v) is 23.7. The van der Waals surface area contributed by atoms with Crippen LogP contribution in [0, 0.1) is 5.92 Å². The van der Waals surface area contributed by atoms with Gasteiger partial charge in [0.1, 0.15) is 31.5 Å². The highest BCUT2D eigenvalue weighted by atomic mass is 16.6. The van der Waals surface area contributed by atoms with Gasteiger partial charge < -0.3 is 39.6 Å². The van der Waals surface area contributed by atoms with E-state index in [1.54, 1.807) is 20.8 Å². The lowest BCUT2D eigenvalue weighted by Gasteiger charge is -2.20. The first-order valence-corrected chi connectivity index (χ1v) is 12.7. The number of benzene rings is 1. The number of aromatic nitrogens is 3. The Balaban J connectivity index is 1.96. The first kappa shape index (κ1) is 31.9. The van der Waals surface area contributed by atoms with Crippen LogP contribution in [0.3, 0.4) is 0 Å². The molecule has 0 fully saturated rings. The Hall–Kier alpha value is -4.36. The fourth-order valence-corrected chi connectivity index (χ4v) is 2.97. The quantitative estimate of drug-likeness (QED) is 0.175. The molecule has 2 aromatic rings. The minimum atomic E-state index is -0.747. The largest absolute Gasteiger partial charge is 0.467 e. The number of esters is 1. The Morgan fingerprint density at radius 3 is 1.98 bits per heavy atom. The molecular formula is C26H38N6O8. The molecule has 2 rings (SSSR count). The van der Waals surface area contributed by atoms with E-state index in [0.717, 1.165) is 5.56 Å². The molecule has 0 aliphatic rings. The summed E-state index contributed by atoms with van der Waals surface area (Å²) in [6, 6.07) is 8.31. The van der Waals surface area contributed by atoms with Gasteiger partial charge in [0.25, 0.3) is 0 Å². The predicted molar refractivity (Wildman–Crippen MR) is 144 cm³/mol. The number of alkyl carbamates (subject to hydrolysis) is 2. The van der Waals surface area contributed by atoms with E-state index >= 15 is 0 Å². The Labute approximate surface area is 233 Å². The zero-order valence-electron chi connectivity index (χ0n) is 23.7. The van der Waals surface area contributed by atoms with Crippen LogP contribution in [0.5, 0.6) is 12.0 Å². The van der Waals surface area contributed by atoms with Crippen molar-refractivity contribution in [1.29, 1.82) is 0 Å². The number of nitrogens with zero attached hydrogens (tertiary/aromatic N) is 3. The highest BCUT2D eigenvalue weighted by molar-refractivity contribution is 5.78. The number of ether oxygens (including phenoxy) is 5.